The van der Waals surface area contributed by atoms with Gasteiger partial charge in [0, 0.05) is 32.6 Å². The van der Waals surface area contributed by atoms with E-state index in [4.69, 9.17) is 0 Å². The van der Waals surface area contributed by atoms with E-state index in [1.807, 2.05) is 13.8 Å². The molecule has 2 rings (SSSR count). The largest absolute Gasteiger partial charge is 0.398 e. The molecular weight excluding hydrogens is 313 g/mol. The number of nitrogens with zero attached hydrogens (tertiary/aromatic N) is 2. The average Bonchev–Trinajstić information content (AvgIpc) is 3.02. The molecule has 0 radical (unpaired) electrons. The van der Waals surface area contributed by atoms with Crippen LogP contribution in [0.5, 0.6) is 0 Å². The Hall–Kier alpha value is -1.31. The van der Waals surface area contributed by atoms with Gasteiger partial charge in [-0.25, -0.2) is 0 Å². The Bertz CT molecular complexity index is 481. The van der Waals surface area contributed by atoms with Gasteiger partial charge in [0.15, 0.2) is 0 Å². The fraction of sp³-hybridized carbons (Fsp3) is 0.867. The van der Waals surface area contributed by atoms with Gasteiger partial charge in [-0.15, -0.1) is 0 Å². The van der Waals surface area contributed by atoms with E-state index in [2.05, 4.69) is 0 Å². The predicted octanol–water partition coefficient (Wildman–Crippen LogP) is 1.26. The van der Waals surface area contributed by atoms with Gasteiger partial charge in [-0.1, -0.05) is 13.8 Å². The van der Waals surface area contributed by atoms with Gasteiger partial charge < -0.3 is 14.9 Å². The number of halogens is 3. The Morgan fingerprint density at radius 3 is 2.57 bits per heavy atom. The van der Waals surface area contributed by atoms with Crippen molar-refractivity contribution in [1.29, 1.82) is 0 Å². The topological polar surface area (TPSA) is 60.9 Å². The number of amides is 2. The van der Waals surface area contributed by atoms with E-state index >= 15 is 0 Å². The van der Waals surface area contributed by atoms with Crippen LogP contribution in [0, 0.1) is 17.3 Å². The standard InChI is InChI=1S/C15H23F3N2O3/c1-10(2)6-20-7-11(5-12(20)22)13(23)19-4-3-14(8-19,9-21)15(16,17)18/h10-11,21H,3-9H2,1-2H3. The molecule has 0 saturated carbocycles. The summed E-state index contributed by atoms with van der Waals surface area (Å²) in [5.41, 5.74) is -2.23. The van der Waals surface area contributed by atoms with Crippen LogP contribution in [-0.4, -0.2) is 65.7 Å². The summed E-state index contributed by atoms with van der Waals surface area (Å²) in [6, 6.07) is 0. The van der Waals surface area contributed by atoms with Gasteiger partial charge in [0.2, 0.25) is 11.8 Å². The van der Waals surface area contributed by atoms with Gasteiger partial charge >= 0.3 is 6.18 Å². The third-order valence-electron chi connectivity index (χ3n) is 4.72. The lowest BCUT2D eigenvalue weighted by Crippen LogP contribution is -2.45. The number of aliphatic hydroxyl groups is 1. The van der Waals surface area contributed by atoms with Crippen molar-refractivity contribution >= 4 is 11.8 Å². The third-order valence-corrected chi connectivity index (χ3v) is 4.72. The number of rotatable bonds is 4. The smallest absolute Gasteiger partial charge is 0.395 e. The van der Waals surface area contributed by atoms with Crippen molar-refractivity contribution in [3.63, 3.8) is 0 Å². The summed E-state index contributed by atoms with van der Waals surface area (Å²) in [5.74, 6) is -0.847. The van der Waals surface area contributed by atoms with E-state index in [0.717, 1.165) is 4.90 Å². The maximum Gasteiger partial charge on any atom is 0.398 e. The normalized spacial score (nSPS) is 29.0. The van der Waals surface area contributed by atoms with Gasteiger partial charge in [-0.05, 0) is 12.3 Å². The molecule has 0 aromatic heterocycles. The Kier molecular flexibility index (Phi) is 4.94. The first kappa shape index (κ1) is 18.0. The summed E-state index contributed by atoms with van der Waals surface area (Å²) in [6.45, 7) is 3.15. The molecule has 8 heteroatoms. The molecule has 0 bridgehead atoms. The molecule has 1 N–H and O–H groups in total. The van der Waals surface area contributed by atoms with Gasteiger partial charge in [-0.3, -0.25) is 9.59 Å². The number of likely N-dealkylation sites (tertiary alicyclic amines) is 2. The Labute approximate surface area is 133 Å². The van der Waals surface area contributed by atoms with Crippen LogP contribution in [0.25, 0.3) is 0 Å². The SMILES string of the molecule is CC(C)CN1CC(C(=O)N2CCC(CO)(C(F)(F)F)C2)CC1=O. The second-order valence-electron chi connectivity index (χ2n) is 7.04. The predicted molar refractivity (Wildman–Crippen MR) is 76.3 cm³/mol. The van der Waals surface area contributed by atoms with Crippen molar-refractivity contribution in [2.45, 2.75) is 32.9 Å². The molecule has 2 heterocycles. The molecule has 2 saturated heterocycles. The molecular formula is C15H23F3N2O3. The zero-order valence-corrected chi connectivity index (χ0v) is 13.4. The molecule has 0 aromatic rings. The molecule has 0 aromatic carbocycles. The summed E-state index contributed by atoms with van der Waals surface area (Å²) < 4.78 is 39.4. The lowest BCUT2D eigenvalue weighted by molar-refractivity contribution is -0.230. The third kappa shape index (κ3) is 3.46. The van der Waals surface area contributed by atoms with Crippen LogP contribution in [0.4, 0.5) is 13.2 Å². The lowest BCUT2D eigenvalue weighted by atomic mass is 9.87. The van der Waals surface area contributed by atoms with Gasteiger partial charge in [0.1, 0.15) is 5.41 Å². The zero-order valence-electron chi connectivity index (χ0n) is 13.4. The number of aliphatic hydroxyl groups excluding tert-OH is 1. The highest BCUT2D eigenvalue weighted by molar-refractivity contribution is 5.89. The van der Waals surface area contributed by atoms with Crippen molar-refractivity contribution in [3.8, 4) is 0 Å². The first-order valence-corrected chi connectivity index (χ1v) is 7.84. The Balaban J connectivity index is 2.02. The number of hydrogen-bond acceptors (Lipinski definition) is 3. The highest BCUT2D eigenvalue weighted by Gasteiger charge is 2.58. The molecule has 2 aliphatic rings. The van der Waals surface area contributed by atoms with Crippen LogP contribution >= 0.6 is 0 Å². The van der Waals surface area contributed by atoms with Crippen molar-refractivity contribution in [2.75, 3.05) is 32.8 Å². The number of carbonyl (C=O) groups is 2. The fourth-order valence-corrected chi connectivity index (χ4v) is 3.32. The molecule has 2 amide bonds. The van der Waals surface area contributed by atoms with E-state index in [0.29, 0.717) is 6.54 Å². The van der Waals surface area contributed by atoms with Crippen LogP contribution < -0.4 is 0 Å². The molecule has 5 nitrogen and oxygen atoms in total. The summed E-state index contributed by atoms with van der Waals surface area (Å²) in [7, 11) is 0. The van der Waals surface area contributed by atoms with Crippen molar-refractivity contribution in [3.05, 3.63) is 0 Å². The minimum absolute atomic E-state index is 0.0340. The monoisotopic (exact) mass is 336 g/mol. The van der Waals surface area contributed by atoms with Crippen LogP contribution in [0.2, 0.25) is 0 Å². The maximum atomic E-state index is 13.1. The molecule has 2 fully saturated rings. The van der Waals surface area contributed by atoms with Crippen molar-refractivity contribution in [2.24, 2.45) is 17.3 Å². The zero-order chi connectivity index (χ0) is 17.4. The van der Waals surface area contributed by atoms with E-state index in [1.165, 1.54) is 0 Å². The highest BCUT2D eigenvalue weighted by atomic mass is 19.4. The minimum Gasteiger partial charge on any atom is -0.395 e. The number of hydrogen-bond donors (Lipinski definition) is 1. The van der Waals surface area contributed by atoms with Gasteiger partial charge in [0.25, 0.3) is 0 Å². The molecule has 2 atom stereocenters. The van der Waals surface area contributed by atoms with Crippen LogP contribution in [0.1, 0.15) is 26.7 Å². The van der Waals surface area contributed by atoms with Crippen molar-refractivity contribution in [1.82, 2.24) is 9.80 Å². The van der Waals surface area contributed by atoms with E-state index < -0.39 is 36.6 Å². The number of alkyl halides is 3. The summed E-state index contributed by atoms with van der Waals surface area (Å²) in [5, 5.41) is 9.18. The van der Waals surface area contributed by atoms with Gasteiger partial charge in [-0.2, -0.15) is 13.2 Å². The minimum atomic E-state index is -4.55. The fourth-order valence-electron chi connectivity index (χ4n) is 3.32. The molecule has 2 unspecified atom stereocenters. The Morgan fingerprint density at radius 1 is 1.43 bits per heavy atom. The summed E-state index contributed by atoms with van der Waals surface area (Å²) in [4.78, 5) is 27.1. The van der Waals surface area contributed by atoms with Crippen LogP contribution in [0.15, 0.2) is 0 Å². The molecule has 23 heavy (non-hydrogen) atoms. The average molecular weight is 336 g/mol. The lowest BCUT2D eigenvalue weighted by Gasteiger charge is -2.30. The molecule has 0 spiro atoms. The molecule has 2 aliphatic heterocycles. The Morgan fingerprint density at radius 2 is 2.09 bits per heavy atom. The second kappa shape index (κ2) is 6.30. The van der Waals surface area contributed by atoms with Gasteiger partial charge in [0.05, 0.1) is 12.5 Å². The summed E-state index contributed by atoms with van der Waals surface area (Å²) in [6.07, 6.45) is -4.79. The molecule has 0 aliphatic carbocycles. The van der Waals surface area contributed by atoms with Crippen LogP contribution in [0.3, 0.4) is 0 Å². The highest BCUT2D eigenvalue weighted by Crippen LogP contribution is 2.45. The first-order valence-electron chi connectivity index (χ1n) is 7.84. The maximum absolute atomic E-state index is 13.1. The van der Waals surface area contributed by atoms with Crippen LogP contribution in [-0.2, 0) is 9.59 Å². The van der Waals surface area contributed by atoms with E-state index in [1.54, 1.807) is 4.90 Å². The van der Waals surface area contributed by atoms with E-state index in [-0.39, 0.29) is 37.8 Å². The quantitative estimate of drug-likeness (QED) is 0.841. The second-order valence-corrected chi connectivity index (χ2v) is 7.04. The first-order chi connectivity index (χ1) is 10.6. The van der Waals surface area contributed by atoms with E-state index in [9.17, 15) is 27.9 Å². The van der Waals surface area contributed by atoms with Crippen molar-refractivity contribution < 1.29 is 27.9 Å². The number of carbonyl (C=O) groups excluding carboxylic acids is 2. The summed E-state index contributed by atoms with van der Waals surface area (Å²) >= 11 is 0. The molecule has 132 valence electrons.